The number of pyridine rings is 1. The van der Waals surface area contributed by atoms with Crippen LogP contribution in [0.25, 0.3) is 10.9 Å². The molecule has 154 valence electrons. The summed E-state index contributed by atoms with van der Waals surface area (Å²) in [7, 11) is -3.70. The number of fused-ring (bicyclic) bond motifs is 1. The van der Waals surface area contributed by atoms with Crippen LogP contribution in [-0.4, -0.2) is 48.8 Å². The number of sulfonamides is 1. The summed E-state index contributed by atoms with van der Waals surface area (Å²) in [4.78, 5) is 6.95. The molecule has 0 atom stereocenters. The number of hydrogen-bond donors (Lipinski definition) is 0. The van der Waals surface area contributed by atoms with Crippen molar-refractivity contribution in [2.24, 2.45) is 0 Å². The number of benzene rings is 2. The Morgan fingerprint density at radius 1 is 1.07 bits per heavy atom. The molecule has 3 aromatic rings. The zero-order valence-electron chi connectivity index (χ0n) is 16.5. The van der Waals surface area contributed by atoms with Gasteiger partial charge in [0.05, 0.1) is 26.7 Å². The third kappa shape index (κ3) is 3.80. The highest BCUT2D eigenvalue weighted by molar-refractivity contribution is 7.89. The number of nitriles is 1. The van der Waals surface area contributed by atoms with Crippen LogP contribution in [0.2, 0.25) is 5.02 Å². The Kier molecular flexibility index (Phi) is 5.76. The predicted molar refractivity (Wildman–Crippen MR) is 117 cm³/mol. The molecule has 2 aromatic carbocycles. The molecule has 0 spiro atoms. The first-order valence-electron chi connectivity index (χ1n) is 9.67. The summed E-state index contributed by atoms with van der Waals surface area (Å²) < 4.78 is 27.4. The number of halogens is 1. The number of nitrogens with zero attached hydrogens (tertiary/aromatic N) is 4. The second kappa shape index (κ2) is 8.32. The summed E-state index contributed by atoms with van der Waals surface area (Å²) in [6, 6.07) is 16.2. The Labute approximate surface area is 181 Å². The molecule has 0 aliphatic carbocycles. The molecular weight excluding hydrogens is 420 g/mol. The van der Waals surface area contributed by atoms with Crippen molar-refractivity contribution in [2.75, 3.05) is 26.2 Å². The van der Waals surface area contributed by atoms with Gasteiger partial charge in [0.15, 0.2) is 0 Å². The van der Waals surface area contributed by atoms with E-state index in [1.165, 1.54) is 16.4 Å². The molecule has 0 unspecified atom stereocenters. The standard InChI is InChI=1S/C22H21ClN4O2S/c1-16-18-7-3-4-8-19(18)25-20(22(16)23)15-26-10-12-27(13-11-26)30(28,29)21-9-5-2-6-17(21)14-24/h2-9H,10-13,15H2,1H3. The minimum Gasteiger partial charge on any atom is -0.295 e. The van der Waals surface area contributed by atoms with E-state index < -0.39 is 10.0 Å². The summed E-state index contributed by atoms with van der Waals surface area (Å²) >= 11 is 6.58. The lowest BCUT2D eigenvalue weighted by Crippen LogP contribution is -2.48. The monoisotopic (exact) mass is 440 g/mol. The van der Waals surface area contributed by atoms with E-state index in [4.69, 9.17) is 16.6 Å². The molecular formula is C22H21ClN4O2S. The van der Waals surface area contributed by atoms with Crippen LogP contribution >= 0.6 is 11.6 Å². The SMILES string of the molecule is Cc1c(Cl)c(CN2CCN(S(=O)(=O)c3ccccc3C#N)CC2)nc2ccccc12. The molecule has 30 heavy (non-hydrogen) atoms. The van der Waals surface area contributed by atoms with Gasteiger partial charge >= 0.3 is 0 Å². The molecule has 4 rings (SSSR count). The van der Waals surface area contributed by atoms with E-state index in [2.05, 4.69) is 4.90 Å². The zero-order valence-corrected chi connectivity index (χ0v) is 18.1. The first-order chi connectivity index (χ1) is 14.4. The van der Waals surface area contributed by atoms with E-state index >= 15 is 0 Å². The van der Waals surface area contributed by atoms with Gasteiger partial charge in [0.1, 0.15) is 6.07 Å². The van der Waals surface area contributed by atoms with Crippen LogP contribution in [-0.2, 0) is 16.6 Å². The van der Waals surface area contributed by atoms with Gasteiger partial charge in [0.25, 0.3) is 0 Å². The first-order valence-corrected chi connectivity index (χ1v) is 11.5. The van der Waals surface area contributed by atoms with E-state index in [9.17, 15) is 13.7 Å². The minimum absolute atomic E-state index is 0.0656. The molecule has 1 aliphatic heterocycles. The van der Waals surface area contributed by atoms with Crippen LogP contribution in [0.15, 0.2) is 53.4 Å². The number of rotatable bonds is 4. The first kappa shape index (κ1) is 20.8. The quantitative estimate of drug-likeness (QED) is 0.619. The van der Waals surface area contributed by atoms with Gasteiger partial charge in [-0.3, -0.25) is 4.90 Å². The largest absolute Gasteiger partial charge is 0.295 e. The summed E-state index contributed by atoms with van der Waals surface area (Å²) in [6.07, 6.45) is 0. The molecule has 1 fully saturated rings. The van der Waals surface area contributed by atoms with Crippen LogP contribution in [0.3, 0.4) is 0 Å². The lowest BCUT2D eigenvalue weighted by Gasteiger charge is -2.34. The molecule has 8 heteroatoms. The number of aryl methyl sites for hydroxylation is 1. The van der Waals surface area contributed by atoms with Gasteiger partial charge in [-0.1, -0.05) is 41.9 Å². The van der Waals surface area contributed by atoms with Crippen LogP contribution in [0.4, 0.5) is 0 Å². The maximum absolute atomic E-state index is 13.0. The smallest absolute Gasteiger partial charge is 0.244 e. The van der Waals surface area contributed by atoms with E-state index in [-0.39, 0.29) is 10.5 Å². The average molecular weight is 441 g/mol. The topological polar surface area (TPSA) is 77.3 Å². The van der Waals surface area contributed by atoms with Crippen molar-refractivity contribution in [1.82, 2.24) is 14.2 Å². The van der Waals surface area contributed by atoms with Gasteiger partial charge in [-0.05, 0) is 30.7 Å². The lowest BCUT2D eigenvalue weighted by atomic mass is 10.1. The van der Waals surface area contributed by atoms with Crippen LogP contribution in [0.1, 0.15) is 16.8 Å². The Balaban J connectivity index is 1.50. The van der Waals surface area contributed by atoms with E-state index in [1.54, 1.807) is 12.1 Å². The van der Waals surface area contributed by atoms with Gasteiger partial charge in [-0.2, -0.15) is 9.57 Å². The summed E-state index contributed by atoms with van der Waals surface area (Å²) in [5.41, 5.74) is 2.89. The molecule has 6 nitrogen and oxygen atoms in total. The molecule has 2 heterocycles. The molecule has 1 saturated heterocycles. The molecule has 0 N–H and O–H groups in total. The third-order valence-corrected chi connectivity index (χ3v) is 7.93. The molecule has 0 bridgehead atoms. The summed E-state index contributed by atoms with van der Waals surface area (Å²) in [6.45, 7) is 4.40. The maximum atomic E-state index is 13.0. The van der Waals surface area contributed by atoms with Crippen molar-refractivity contribution < 1.29 is 8.42 Å². The summed E-state index contributed by atoms with van der Waals surface area (Å²) in [5.74, 6) is 0. The van der Waals surface area contributed by atoms with Crippen LogP contribution in [0, 0.1) is 18.3 Å². The second-order valence-corrected chi connectivity index (χ2v) is 9.59. The highest BCUT2D eigenvalue weighted by atomic mass is 35.5. The Morgan fingerprint density at radius 3 is 2.47 bits per heavy atom. The van der Waals surface area contributed by atoms with Gasteiger partial charge in [0, 0.05) is 38.1 Å². The van der Waals surface area contributed by atoms with E-state index in [0.717, 1.165) is 22.2 Å². The lowest BCUT2D eigenvalue weighted by molar-refractivity contribution is 0.180. The van der Waals surface area contributed by atoms with Crippen LogP contribution in [0.5, 0.6) is 0 Å². The average Bonchev–Trinajstić information content (AvgIpc) is 2.77. The number of piperazine rings is 1. The third-order valence-electron chi connectivity index (χ3n) is 5.48. The second-order valence-electron chi connectivity index (χ2n) is 7.30. The van der Waals surface area contributed by atoms with Gasteiger partial charge in [-0.25, -0.2) is 13.4 Å². The summed E-state index contributed by atoms with van der Waals surface area (Å²) in [5, 5.41) is 10.9. The fourth-order valence-corrected chi connectivity index (χ4v) is 5.55. The number of para-hydroxylation sites is 1. The highest BCUT2D eigenvalue weighted by Crippen LogP contribution is 2.28. The van der Waals surface area contributed by atoms with Crippen molar-refractivity contribution >= 4 is 32.5 Å². The van der Waals surface area contributed by atoms with Crippen molar-refractivity contribution in [3.8, 4) is 6.07 Å². The number of aromatic nitrogens is 1. The van der Waals surface area contributed by atoms with E-state index in [1.807, 2.05) is 37.3 Å². The van der Waals surface area contributed by atoms with Crippen molar-refractivity contribution in [2.45, 2.75) is 18.4 Å². The van der Waals surface area contributed by atoms with Gasteiger partial charge in [-0.15, -0.1) is 0 Å². The molecule has 0 radical (unpaired) electrons. The van der Waals surface area contributed by atoms with E-state index in [0.29, 0.717) is 37.7 Å². The van der Waals surface area contributed by atoms with Crippen molar-refractivity contribution in [1.29, 1.82) is 5.26 Å². The van der Waals surface area contributed by atoms with Crippen molar-refractivity contribution in [3.05, 3.63) is 70.4 Å². The van der Waals surface area contributed by atoms with Gasteiger partial charge in [0.2, 0.25) is 10.0 Å². The normalized spacial score (nSPS) is 15.9. The molecule has 1 aliphatic rings. The maximum Gasteiger partial charge on any atom is 0.244 e. The number of hydrogen-bond acceptors (Lipinski definition) is 5. The minimum atomic E-state index is -3.70. The Hall–Kier alpha value is -2.50. The Morgan fingerprint density at radius 2 is 1.73 bits per heavy atom. The molecule has 0 amide bonds. The molecule has 1 aromatic heterocycles. The van der Waals surface area contributed by atoms with Crippen molar-refractivity contribution in [3.63, 3.8) is 0 Å². The predicted octanol–water partition coefficient (Wildman–Crippen LogP) is 3.57. The fourth-order valence-electron chi connectivity index (χ4n) is 3.78. The molecule has 0 saturated carbocycles. The van der Waals surface area contributed by atoms with Gasteiger partial charge < -0.3 is 0 Å². The fraction of sp³-hybridized carbons (Fsp3) is 0.273. The highest BCUT2D eigenvalue weighted by Gasteiger charge is 2.30. The Bertz CT molecular complexity index is 1250. The zero-order chi connectivity index (χ0) is 21.3. The van der Waals surface area contributed by atoms with Crippen LogP contribution < -0.4 is 0 Å².